The van der Waals surface area contributed by atoms with Gasteiger partial charge in [0.05, 0.1) is 15.9 Å². The molecule has 0 unspecified atom stereocenters. The van der Waals surface area contributed by atoms with E-state index >= 15 is 0 Å². The normalized spacial score (nSPS) is 11.4. The molecule has 0 aliphatic rings. The van der Waals surface area contributed by atoms with Crippen molar-refractivity contribution in [2.75, 3.05) is 11.3 Å². The predicted octanol–water partition coefficient (Wildman–Crippen LogP) is 4.03. The van der Waals surface area contributed by atoms with Gasteiger partial charge in [0.2, 0.25) is 0 Å². The molecule has 4 rings (SSSR count). The van der Waals surface area contributed by atoms with Crippen LogP contribution in [0.3, 0.4) is 0 Å². The molecule has 0 spiro atoms. The lowest BCUT2D eigenvalue weighted by molar-refractivity contribution is 0.0953. The monoisotopic (exact) mass is 448 g/mol. The molecule has 1 aromatic heterocycles. The molecular formula is C24H24N4O3S. The highest BCUT2D eigenvalue weighted by atomic mass is 32.2. The number of aryl methyl sites for hydroxylation is 2. The van der Waals surface area contributed by atoms with Crippen LogP contribution in [0.5, 0.6) is 0 Å². The highest BCUT2D eigenvalue weighted by Crippen LogP contribution is 2.18. The van der Waals surface area contributed by atoms with Crippen LogP contribution in [-0.4, -0.2) is 30.8 Å². The number of nitrogens with zero attached hydrogens (tertiary/aromatic N) is 1. The zero-order chi connectivity index (χ0) is 22.6. The fourth-order valence-corrected chi connectivity index (χ4v) is 4.43. The van der Waals surface area contributed by atoms with Crippen LogP contribution in [0.4, 0.5) is 5.69 Å². The number of hydrogen-bond donors (Lipinski definition) is 3. The molecule has 0 bridgehead atoms. The number of anilines is 1. The van der Waals surface area contributed by atoms with Crippen molar-refractivity contribution in [3.8, 4) is 0 Å². The summed E-state index contributed by atoms with van der Waals surface area (Å²) in [5.41, 5.74) is 3.70. The predicted molar refractivity (Wildman–Crippen MR) is 125 cm³/mol. The van der Waals surface area contributed by atoms with Gasteiger partial charge >= 0.3 is 0 Å². The maximum absolute atomic E-state index is 12.7. The first-order chi connectivity index (χ1) is 15.4. The Morgan fingerprint density at radius 1 is 1.00 bits per heavy atom. The Morgan fingerprint density at radius 2 is 1.78 bits per heavy atom. The van der Waals surface area contributed by atoms with Crippen LogP contribution in [0.15, 0.2) is 77.7 Å². The van der Waals surface area contributed by atoms with Crippen molar-refractivity contribution in [2.24, 2.45) is 0 Å². The van der Waals surface area contributed by atoms with E-state index in [1.807, 2.05) is 43.3 Å². The third-order valence-corrected chi connectivity index (χ3v) is 6.40. The molecule has 7 nitrogen and oxygen atoms in total. The van der Waals surface area contributed by atoms with Gasteiger partial charge in [-0.2, -0.15) is 0 Å². The summed E-state index contributed by atoms with van der Waals surface area (Å²) in [7, 11) is -3.80. The van der Waals surface area contributed by atoms with E-state index in [2.05, 4.69) is 20.0 Å². The molecule has 32 heavy (non-hydrogen) atoms. The molecule has 1 amide bonds. The minimum absolute atomic E-state index is 0.0352. The molecule has 0 saturated heterocycles. The van der Waals surface area contributed by atoms with Gasteiger partial charge in [0.25, 0.3) is 15.9 Å². The van der Waals surface area contributed by atoms with E-state index in [9.17, 15) is 13.2 Å². The summed E-state index contributed by atoms with van der Waals surface area (Å²) in [4.78, 5) is 20.3. The van der Waals surface area contributed by atoms with Gasteiger partial charge in [0, 0.05) is 24.2 Å². The number of aromatic nitrogens is 2. The first-order valence-corrected chi connectivity index (χ1v) is 11.8. The summed E-state index contributed by atoms with van der Waals surface area (Å²) in [6, 6.07) is 20.9. The van der Waals surface area contributed by atoms with Gasteiger partial charge < -0.3 is 10.3 Å². The fraction of sp³-hybridized carbons (Fsp3) is 0.167. The molecule has 0 fully saturated rings. The summed E-state index contributed by atoms with van der Waals surface area (Å²) in [5.74, 6) is 0.553. The summed E-state index contributed by atoms with van der Waals surface area (Å²) < 4.78 is 27.9. The molecule has 4 aromatic rings. The molecule has 0 radical (unpaired) electrons. The van der Waals surface area contributed by atoms with Crippen molar-refractivity contribution < 1.29 is 13.2 Å². The lowest BCUT2D eigenvalue weighted by atomic mass is 10.2. The number of amides is 1. The molecular weight excluding hydrogens is 424 g/mol. The first-order valence-electron chi connectivity index (χ1n) is 10.3. The Balaban J connectivity index is 1.34. The van der Waals surface area contributed by atoms with Crippen molar-refractivity contribution in [1.82, 2.24) is 15.3 Å². The van der Waals surface area contributed by atoms with E-state index in [4.69, 9.17) is 0 Å². The maximum atomic E-state index is 12.7. The third-order valence-electron chi connectivity index (χ3n) is 5.02. The molecule has 0 aliphatic heterocycles. The number of carbonyl (C=O) groups excluding carboxylic acids is 1. The molecule has 8 heteroatoms. The maximum Gasteiger partial charge on any atom is 0.261 e. The van der Waals surface area contributed by atoms with Gasteiger partial charge in [-0.1, -0.05) is 35.9 Å². The van der Waals surface area contributed by atoms with Crippen LogP contribution in [0.1, 0.15) is 28.2 Å². The number of para-hydroxylation sites is 2. The largest absolute Gasteiger partial charge is 0.352 e. The number of aromatic amines is 1. The van der Waals surface area contributed by atoms with Crippen molar-refractivity contribution in [3.05, 3.63) is 89.7 Å². The number of benzene rings is 3. The Bertz CT molecular complexity index is 1310. The van der Waals surface area contributed by atoms with Crippen LogP contribution in [-0.2, 0) is 16.4 Å². The number of carbonyl (C=O) groups is 1. The van der Waals surface area contributed by atoms with Gasteiger partial charge in [0.15, 0.2) is 0 Å². The topological polar surface area (TPSA) is 104 Å². The highest BCUT2D eigenvalue weighted by Gasteiger charge is 2.16. The van der Waals surface area contributed by atoms with Crippen LogP contribution in [0.25, 0.3) is 11.0 Å². The Hall–Kier alpha value is -3.65. The third kappa shape index (κ3) is 5.15. The second-order valence-corrected chi connectivity index (χ2v) is 9.24. The molecule has 3 aromatic carbocycles. The van der Waals surface area contributed by atoms with Gasteiger partial charge in [-0.05, 0) is 55.8 Å². The van der Waals surface area contributed by atoms with E-state index in [1.165, 1.54) is 12.1 Å². The van der Waals surface area contributed by atoms with Gasteiger partial charge in [-0.3, -0.25) is 9.52 Å². The van der Waals surface area contributed by atoms with E-state index < -0.39 is 10.0 Å². The lowest BCUT2D eigenvalue weighted by Gasteiger charge is -2.10. The van der Waals surface area contributed by atoms with Crippen LogP contribution in [0, 0.1) is 6.92 Å². The van der Waals surface area contributed by atoms with E-state index in [0.717, 1.165) is 22.4 Å². The number of hydrogen-bond acceptors (Lipinski definition) is 4. The summed E-state index contributed by atoms with van der Waals surface area (Å²) >= 11 is 0. The Labute approximate surface area is 187 Å². The molecule has 3 N–H and O–H groups in total. The van der Waals surface area contributed by atoms with Crippen LogP contribution < -0.4 is 10.0 Å². The standard InChI is InChI=1S/C24H24N4O3S/c1-17-11-13-19(14-12-17)28-32(30,31)20-7-4-6-18(16-20)24(29)25-15-5-10-23-26-21-8-2-3-9-22(21)27-23/h2-4,6-9,11-14,16,28H,5,10,15H2,1H3,(H,25,29)(H,26,27). The van der Waals surface area contributed by atoms with E-state index in [-0.39, 0.29) is 10.8 Å². The Kier molecular flexibility index (Phi) is 6.23. The quantitative estimate of drug-likeness (QED) is 0.354. The number of sulfonamides is 1. The molecule has 0 saturated carbocycles. The minimum Gasteiger partial charge on any atom is -0.352 e. The number of nitrogens with one attached hydrogen (secondary N) is 3. The van der Waals surface area contributed by atoms with E-state index in [1.54, 1.807) is 24.3 Å². The average molecular weight is 449 g/mol. The van der Waals surface area contributed by atoms with Crippen LogP contribution >= 0.6 is 0 Å². The molecule has 0 atom stereocenters. The minimum atomic E-state index is -3.80. The number of imidazole rings is 1. The summed E-state index contributed by atoms with van der Waals surface area (Å²) in [6.07, 6.45) is 1.41. The first kappa shape index (κ1) is 21.6. The Morgan fingerprint density at radius 3 is 2.56 bits per heavy atom. The second-order valence-electron chi connectivity index (χ2n) is 7.56. The zero-order valence-electron chi connectivity index (χ0n) is 17.6. The zero-order valence-corrected chi connectivity index (χ0v) is 18.4. The molecule has 164 valence electrons. The van der Waals surface area contributed by atoms with Crippen molar-refractivity contribution in [1.29, 1.82) is 0 Å². The second kappa shape index (κ2) is 9.23. The van der Waals surface area contributed by atoms with Crippen molar-refractivity contribution in [2.45, 2.75) is 24.7 Å². The van der Waals surface area contributed by atoms with Crippen molar-refractivity contribution >= 4 is 32.7 Å². The molecule has 1 heterocycles. The van der Waals surface area contributed by atoms with Gasteiger partial charge in [-0.15, -0.1) is 0 Å². The SMILES string of the molecule is Cc1ccc(NS(=O)(=O)c2cccc(C(=O)NCCCc3nc4ccccc4[nH]3)c2)cc1. The number of fused-ring (bicyclic) bond motifs is 1. The number of rotatable bonds is 8. The smallest absolute Gasteiger partial charge is 0.261 e. The van der Waals surface area contributed by atoms with Crippen LogP contribution in [0.2, 0.25) is 0 Å². The van der Waals surface area contributed by atoms with Gasteiger partial charge in [0.1, 0.15) is 5.82 Å². The summed E-state index contributed by atoms with van der Waals surface area (Å²) in [6.45, 7) is 2.38. The average Bonchev–Trinajstić information content (AvgIpc) is 3.21. The molecule has 0 aliphatic carbocycles. The fourth-order valence-electron chi connectivity index (χ4n) is 3.32. The van der Waals surface area contributed by atoms with Gasteiger partial charge in [-0.25, -0.2) is 13.4 Å². The summed E-state index contributed by atoms with van der Waals surface area (Å²) in [5, 5.41) is 2.84. The van der Waals surface area contributed by atoms with Crippen molar-refractivity contribution in [3.63, 3.8) is 0 Å². The number of H-pyrrole nitrogens is 1. The highest BCUT2D eigenvalue weighted by molar-refractivity contribution is 7.92. The lowest BCUT2D eigenvalue weighted by Crippen LogP contribution is -2.25. The van der Waals surface area contributed by atoms with E-state index in [0.29, 0.717) is 30.6 Å².